The topological polar surface area (TPSA) is 71.6 Å². The predicted octanol–water partition coefficient (Wildman–Crippen LogP) is 2.78. The van der Waals surface area contributed by atoms with Gasteiger partial charge in [-0.2, -0.15) is 0 Å². The largest absolute Gasteiger partial charge is 0.493 e. The fourth-order valence-corrected chi connectivity index (χ4v) is 3.21. The SMILES string of the molecule is CCOc1ccc(C(=O)NNC(=S)N[C@@H]2CCCC[C@H]2C)cc1OC. The molecule has 1 amide bonds. The van der Waals surface area contributed by atoms with E-state index in [9.17, 15) is 4.79 Å². The summed E-state index contributed by atoms with van der Waals surface area (Å²) in [5.74, 6) is 1.42. The number of rotatable bonds is 5. The summed E-state index contributed by atoms with van der Waals surface area (Å²) in [6.45, 7) is 4.65. The summed E-state index contributed by atoms with van der Waals surface area (Å²) < 4.78 is 10.7. The lowest BCUT2D eigenvalue weighted by Gasteiger charge is -2.30. The van der Waals surface area contributed by atoms with Crippen molar-refractivity contribution in [2.45, 2.75) is 45.6 Å². The normalized spacial score (nSPS) is 19.6. The van der Waals surface area contributed by atoms with Crippen molar-refractivity contribution >= 4 is 23.2 Å². The third-order valence-electron chi connectivity index (χ3n) is 4.44. The summed E-state index contributed by atoms with van der Waals surface area (Å²) in [4.78, 5) is 12.3. The van der Waals surface area contributed by atoms with E-state index in [0.717, 1.165) is 6.42 Å². The van der Waals surface area contributed by atoms with Crippen LogP contribution >= 0.6 is 12.2 Å². The summed E-state index contributed by atoms with van der Waals surface area (Å²) >= 11 is 5.28. The van der Waals surface area contributed by atoms with Crippen molar-refractivity contribution in [2.24, 2.45) is 5.92 Å². The zero-order valence-electron chi connectivity index (χ0n) is 15.1. The predicted molar refractivity (Wildman–Crippen MR) is 102 cm³/mol. The van der Waals surface area contributed by atoms with E-state index in [0.29, 0.717) is 40.7 Å². The number of carbonyl (C=O) groups excluding carboxylic acids is 1. The molecule has 1 fully saturated rings. The molecule has 0 heterocycles. The molecule has 2 atom stereocenters. The number of methoxy groups -OCH3 is 1. The second-order valence-corrected chi connectivity index (χ2v) is 6.63. The number of nitrogens with one attached hydrogen (secondary N) is 3. The minimum Gasteiger partial charge on any atom is -0.493 e. The van der Waals surface area contributed by atoms with Crippen LogP contribution in [0.15, 0.2) is 18.2 Å². The highest BCUT2D eigenvalue weighted by Gasteiger charge is 2.21. The van der Waals surface area contributed by atoms with Crippen LogP contribution < -0.4 is 25.6 Å². The lowest BCUT2D eigenvalue weighted by Crippen LogP contribution is -2.51. The van der Waals surface area contributed by atoms with Gasteiger partial charge in [0.05, 0.1) is 13.7 Å². The Labute approximate surface area is 154 Å². The van der Waals surface area contributed by atoms with Crippen LogP contribution in [0.2, 0.25) is 0 Å². The Morgan fingerprint density at radius 1 is 1.24 bits per heavy atom. The number of hydrogen-bond acceptors (Lipinski definition) is 4. The molecule has 0 unspecified atom stereocenters. The van der Waals surface area contributed by atoms with Crippen LogP contribution in [-0.4, -0.2) is 30.8 Å². The van der Waals surface area contributed by atoms with Gasteiger partial charge in [-0.3, -0.25) is 15.6 Å². The van der Waals surface area contributed by atoms with Gasteiger partial charge in [0, 0.05) is 11.6 Å². The van der Waals surface area contributed by atoms with Crippen LogP contribution in [-0.2, 0) is 0 Å². The molecule has 3 N–H and O–H groups in total. The van der Waals surface area contributed by atoms with Gasteiger partial charge in [-0.15, -0.1) is 0 Å². The molecule has 1 aromatic carbocycles. The lowest BCUT2D eigenvalue weighted by molar-refractivity contribution is 0.0943. The first-order valence-electron chi connectivity index (χ1n) is 8.72. The van der Waals surface area contributed by atoms with Crippen molar-refractivity contribution in [3.63, 3.8) is 0 Å². The molecule has 138 valence electrons. The van der Waals surface area contributed by atoms with Gasteiger partial charge >= 0.3 is 0 Å². The van der Waals surface area contributed by atoms with Crippen LogP contribution in [0.3, 0.4) is 0 Å². The second kappa shape index (κ2) is 9.46. The van der Waals surface area contributed by atoms with Gasteiger partial charge in [0.15, 0.2) is 16.6 Å². The molecule has 6 nitrogen and oxygen atoms in total. The van der Waals surface area contributed by atoms with Crippen LogP contribution in [0.4, 0.5) is 0 Å². The van der Waals surface area contributed by atoms with Crippen molar-refractivity contribution < 1.29 is 14.3 Å². The van der Waals surface area contributed by atoms with Gasteiger partial charge < -0.3 is 14.8 Å². The molecule has 0 aliphatic heterocycles. The first kappa shape index (κ1) is 19.3. The summed E-state index contributed by atoms with van der Waals surface area (Å²) in [6.07, 6.45) is 4.80. The fraction of sp³-hybridized carbons (Fsp3) is 0.556. The van der Waals surface area contributed by atoms with E-state index in [4.69, 9.17) is 21.7 Å². The fourth-order valence-electron chi connectivity index (χ4n) is 3.00. The maximum atomic E-state index is 12.3. The number of carbonyl (C=O) groups is 1. The van der Waals surface area contributed by atoms with Gasteiger partial charge in [-0.1, -0.05) is 19.8 Å². The Morgan fingerprint density at radius 3 is 2.68 bits per heavy atom. The van der Waals surface area contributed by atoms with E-state index >= 15 is 0 Å². The number of benzene rings is 1. The Kier molecular flexibility index (Phi) is 7.31. The van der Waals surface area contributed by atoms with E-state index in [-0.39, 0.29) is 5.91 Å². The van der Waals surface area contributed by atoms with Gasteiger partial charge in [-0.05, 0) is 56.1 Å². The third kappa shape index (κ3) is 5.49. The van der Waals surface area contributed by atoms with Gasteiger partial charge in [0.2, 0.25) is 0 Å². The molecule has 1 aromatic rings. The van der Waals surface area contributed by atoms with Crippen LogP contribution in [0.1, 0.15) is 49.9 Å². The van der Waals surface area contributed by atoms with Crippen molar-refractivity contribution in [2.75, 3.05) is 13.7 Å². The van der Waals surface area contributed by atoms with E-state index in [1.54, 1.807) is 25.3 Å². The summed E-state index contributed by atoms with van der Waals surface area (Å²) in [5, 5.41) is 3.72. The molecule has 0 radical (unpaired) electrons. The third-order valence-corrected chi connectivity index (χ3v) is 4.66. The summed E-state index contributed by atoms with van der Waals surface area (Å²) in [6, 6.07) is 5.40. The van der Waals surface area contributed by atoms with E-state index < -0.39 is 0 Å². The quantitative estimate of drug-likeness (QED) is 0.551. The highest BCUT2D eigenvalue weighted by Crippen LogP contribution is 2.28. The number of hydrogen-bond donors (Lipinski definition) is 3. The standard InChI is InChI=1S/C18H27N3O3S/c1-4-24-15-10-9-13(11-16(15)23-3)17(22)20-21-18(25)19-14-8-6-5-7-12(14)2/h9-12,14H,4-8H2,1-3H3,(H,20,22)(H2,19,21,25)/t12-,14-/m1/s1. The van der Waals surface area contributed by atoms with Crippen LogP contribution in [0, 0.1) is 5.92 Å². The van der Waals surface area contributed by atoms with Gasteiger partial charge in [0.1, 0.15) is 0 Å². The molecular formula is C18H27N3O3S. The monoisotopic (exact) mass is 365 g/mol. The van der Waals surface area contributed by atoms with E-state index in [1.165, 1.54) is 19.3 Å². The van der Waals surface area contributed by atoms with Crippen molar-refractivity contribution in [3.05, 3.63) is 23.8 Å². The molecule has 0 aromatic heterocycles. The molecule has 0 bridgehead atoms. The minimum absolute atomic E-state index is 0.290. The average Bonchev–Trinajstić information content (AvgIpc) is 2.62. The van der Waals surface area contributed by atoms with Crippen molar-refractivity contribution in [1.29, 1.82) is 0 Å². The lowest BCUT2D eigenvalue weighted by atomic mass is 9.86. The molecule has 1 aliphatic carbocycles. The van der Waals surface area contributed by atoms with Gasteiger partial charge in [-0.25, -0.2) is 0 Å². The Balaban J connectivity index is 1.88. The minimum atomic E-state index is -0.290. The van der Waals surface area contributed by atoms with Crippen LogP contribution in [0.5, 0.6) is 11.5 Å². The summed E-state index contributed by atoms with van der Waals surface area (Å²) in [5.41, 5.74) is 5.85. The maximum absolute atomic E-state index is 12.3. The number of hydrazine groups is 1. The first-order valence-corrected chi connectivity index (χ1v) is 9.13. The molecule has 1 saturated carbocycles. The molecular weight excluding hydrogens is 338 g/mol. The molecule has 1 aliphatic rings. The zero-order chi connectivity index (χ0) is 18.2. The number of amides is 1. The molecule has 0 spiro atoms. The summed E-state index contributed by atoms with van der Waals surface area (Å²) in [7, 11) is 1.54. The van der Waals surface area contributed by atoms with E-state index in [2.05, 4.69) is 23.1 Å². The first-order chi connectivity index (χ1) is 12.0. The molecule has 2 rings (SSSR count). The highest BCUT2D eigenvalue weighted by atomic mass is 32.1. The van der Waals surface area contributed by atoms with Crippen LogP contribution in [0.25, 0.3) is 0 Å². The molecule has 7 heteroatoms. The highest BCUT2D eigenvalue weighted by molar-refractivity contribution is 7.80. The van der Waals surface area contributed by atoms with Crippen molar-refractivity contribution in [1.82, 2.24) is 16.2 Å². The van der Waals surface area contributed by atoms with E-state index in [1.807, 2.05) is 6.92 Å². The molecule has 0 saturated heterocycles. The second-order valence-electron chi connectivity index (χ2n) is 6.22. The average molecular weight is 365 g/mol. The van der Waals surface area contributed by atoms with Crippen molar-refractivity contribution in [3.8, 4) is 11.5 Å². The number of ether oxygens (including phenoxy) is 2. The molecule has 25 heavy (non-hydrogen) atoms. The smallest absolute Gasteiger partial charge is 0.269 e. The number of thiocarbonyl (C=S) groups is 1. The zero-order valence-corrected chi connectivity index (χ0v) is 15.9. The maximum Gasteiger partial charge on any atom is 0.269 e. The Morgan fingerprint density at radius 2 is 2.00 bits per heavy atom. The Hall–Kier alpha value is -2.02. The van der Waals surface area contributed by atoms with Gasteiger partial charge in [0.25, 0.3) is 5.91 Å². The Bertz CT molecular complexity index is 609.